The number of aliphatic hydroxyl groups is 2. The summed E-state index contributed by atoms with van der Waals surface area (Å²) in [7, 11) is -5.28. The fourth-order valence-corrected chi connectivity index (χ4v) is 11.3. The third-order valence-corrected chi connectivity index (χ3v) is 15.5. The van der Waals surface area contributed by atoms with Gasteiger partial charge < -0.3 is 62.8 Å². The van der Waals surface area contributed by atoms with E-state index in [1.165, 1.54) is 0 Å². The van der Waals surface area contributed by atoms with Crippen LogP contribution in [0, 0.1) is 41.4 Å². The van der Waals surface area contributed by atoms with E-state index in [9.17, 15) is 44.1 Å². The Morgan fingerprint density at radius 1 is 0.921 bits per heavy atom. The van der Waals surface area contributed by atoms with E-state index in [0.717, 1.165) is 0 Å². The van der Waals surface area contributed by atoms with Crippen molar-refractivity contribution in [3.63, 3.8) is 0 Å². The second-order valence-electron chi connectivity index (χ2n) is 19.1. The molecule has 0 aromatic carbocycles. The first-order chi connectivity index (χ1) is 28.4. The molecule has 0 aromatic rings. The van der Waals surface area contributed by atoms with Gasteiger partial charge in [-0.1, -0.05) is 55.4 Å². The van der Waals surface area contributed by atoms with Crippen LogP contribution in [0.2, 0.25) is 0 Å². The van der Waals surface area contributed by atoms with E-state index in [1.54, 1.807) is 32.9 Å². The first-order valence-electron chi connectivity index (χ1n) is 22.5. The maximum absolute atomic E-state index is 14.9. The van der Waals surface area contributed by atoms with Gasteiger partial charge in [-0.2, -0.15) is 0 Å². The van der Waals surface area contributed by atoms with Crippen LogP contribution < -0.4 is 69.1 Å². The van der Waals surface area contributed by atoms with Gasteiger partial charge >= 0.3 is 65.1 Å². The van der Waals surface area contributed by atoms with Gasteiger partial charge in [-0.05, 0) is 95.6 Å². The van der Waals surface area contributed by atoms with Crippen molar-refractivity contribution in [2.24, 2.45) is 41.4 Å². The topological polar surface area (TPSA) is 240 Å². The Labute approximate surface area is 417 Å². The van der Waals surface area contributed by atoms with Crippen molar-refractivity contribution in [3.8, 4) is 0 Å². The number of hydrogen-bond acceptors (Lipinski definition) is 15. The molecule has 0 bridgehead atoms. The largest absolute Gasteiger partial charge is 1.00 e. The van der Waals surface area contributed by atoms with Crippen molar-refractivity contribution in [1.29, 1.82) is 0 Å². The molecule has 63 heavy (non-hydrogen) atoms. The molecule has 5 heterocycles. The number of carbonyl (C=O) groups excluding carboxylic acids is 3. The molecule has 2 spiro atoms. The average Bonchev–Trinajstić information content (AvgIpc) is 3.54. The van der Waals surface area contributed by atoms with Gasteiger partial charge in [-0.15, -0.1) is 0 Å². The Morgan fingerprint density at radius 2 is 1.57 bits per heavy atom. The molecule has 0 saturated carbocycles. The zero-order chi connectivity index (χ0) is 45.5. The number of carboxylic acid groups (broad SMARTS) is 1. The SMILES string of the molecule is CCC(C(=O)[C@H](C)[C@H](OC(=O)COP(=O)([O-])O)[C@@H](C)[C@H]1OC([C@H](CC)C(=O)[O-])CC[C@H]1C)[C@H]1O[C@@]2(C=C[C@@H](O)[C@@]3(CC[C@@](C)([C@H]4CC[C@](O)(CC)[C@H](C)O4)O3)O2)[C@H](C)C[C@@H]1C.[Na+].[Na+]. The van der Waals surface area contributed by atoms with Crippen LogP contribution >= 0.6 is 7.82 Å². The van der Waals surface area contributed by atoms with Crippen molar-refractivity contribution >= 4 is 25.5 Å². The number of Topliss-reactive ketones (excluding diaryl/α,β-unsaturated/α-hetero) is 1. The van der Waals surface area contributed by atoms with Gasteiger partial charge in [-0.3, -0.25) is 9.36 Å². The van der Waals surface area contributed by atoms with E-state index in [0.29, 0.717) is 57.8 Å². The third-order valence-electron chi connectivity index (χ3n) is 15.0. The molecule has 5 aliphatic heterocycles. The zero-order valence-corrected chi connectivity index (χ0v) is 44.5. The Hall–Kier alpha value is 0.180. The van der Waals surface area contributed by atoms with Crippen molar-refractivity contribution in [2.75, 3.05) is 6.61 Å². The number of aliphatic carboxylic acids is 1. The summed E-state index contributed by atoms with van der Waals surface area (Å²) in [5.74, 6) is -9.32. The molecule has 0 amide bonds. The monoisotopic (exact) mass is 932 g/mol. The van der Waals surface area contributed by atoms with Gasteiger partial charge in [0.05, 0.1) is 47.6 Å². The number of carbonyl (C=O) groups is 3. The van der Waals surface area contributed by atoms with Crippen LogP contribution in [-0.4, -0.2) is 105 Å². The van der Waals surface area contributed by atoms with Crippen LogP contribution in [0.5, 0.6) is 0 Å². The number of rotatable bonds is 16. The second-order valence-corrected chi connectivity index (χ2v) is 20.3. The number of phosphoric acid groups is 1. The number of phosphoric ester groups is 1. The summed E-state index contributed by atoms with van der Waals surface area (Å²) in [6.45, 7) is 17.5. The van der Waals surface area contributed by atoms with Crippen molar-refractivity contribution < 1.29 is 136 Å². The van der Waals surface area contributed by atoms with Crippen LogP contribution in [-0.2, 0) is 51.9 Å². The van der Waals surface area contributed by atoms with Gasteiger partial charge in [0.1, 0.15) is 18.0 Å². The minimum Gasteiger partial charge on any atom is -0.756 e. The molecule has 16 nitrogen and oxygen atoms in total. The molecule has 4 fully saturated rings. The minimum atomic E-state index is -5.28. The quantitative estimate of drug-likeness (QED) is 0.0650. The van der Waals surface area contributed by atoms with Crippen molar-refractivity contribution in [3.05, 3.63) is 12.2 Å². The van der Waals surface area contributed by atoms with Gasteiger partial charge in [0.15, 0.2) is 12.4 Å². The normalized spacial score (nSPS) is 41.3. The van der Waals surface area contributed by atoms with E-state index in [2.05, 4.69) is 4.52 Å². The summed E-state index contributed by atoms with van der Waals surface area (Å²) in [6, 6.07) is 0. The van der Waals surface area contributed by atoms with E-state index in [-0.39, 0.29) is 95.2 Å². The van der Waals surface area contributed by atoms with Crippen LogP contribution in [0.15, 0.2) is 12.2 Å². The molecule has 4 saturated heterocycles. The smallest absolute Gasteiger partial charge is 0.756 e. The van der Waals surface area contributed by atoms with Crippen LogP contribution in [0.25, 0.3) is 0 Å². The van der Waals surface area contributed by atoms with Crippen molar-refractivity contribution in [2.45, 2.75) is 199 Å². The van der Waals surface area contributed by atoms with E-state index in [4.69, 9.17) is 28.4 Å². The molecule has 5 rings (SSSR count). The number of ether oxygens (including phenoxy) is 6. The standard InChI is InChI=1S/C44H73O16P.2Na/c1-11-30(40(48)49)32-15-14-24(4)37(56-32)28(8)39(57-35(46)23-54-61(51,52)53)27(7)36(47)31(12-2)38-25(5)22-26(6)43(58-38)19-16-33(45)44(60-43)21-20-41(10,59-44)34-17-18-42(50,13-3)29(9)55-34;;/h16,19,24-34,37-39,45,50H,11-15,17-18,20-23H2,1-10H3,(H,48,49)(H2,51,52,53);;/q;2*+1/p-2/t24-,25+,26-,27+,28+,29+,30+,31?,32?,33-,34-,37+,38+,39+,41+,42-,43-,44-;;/m1../s1. The first-order valence-corrected chi connectivity index (χ1v) is 24.0. The Morgan fingerprint density at radius 3 is 2.14 bits per heavy atom. The molecule has 0 aromatic heterocycles. The first kappa shape index (κ1) is 57.5. The summed E-state index contributed by atoms with van der Waals surface area (Å²) in [5.41, 5.74) is -1.77. The van der Waals surface area contributed by atoms with Crippen LogP contribution in [0.3, 0.4) is 0 Å². The summed E-state index contributed by atoms with van der Waals surface area (Å²) in [5, 5.41) is 34.6. The fraction of sp³-hybridized carbons (Fsp3) is 0.886. The molecule has 3 unspecified atom stereocenters. The van der Waals surface area contributed by atoms with E-state index in [1.807, 2.05) is 48.5 Å². The van der Waals surface area contributed by atoms with Gasteiger partial charge in [-0.25, -0.2) is 4.79 Å². The Kier molecular flexibility index (Phi) is 20.7. The second kappa shape index (κ2) is 22.7. The maximum atomic E-state index is 14.9. The summed E-state index contributed by atoms with van der Waals surface area (Å²) >= 11 is 0. The Balaban J connectivity index is 0.00000528. The molecule has 350 valence electrons. The third kappa shape index (κ3) is 12.5. The molecule has 3 N–H and O–H groups in total. The van der Waals surface area contributed by atoms with E-state index < -0.39 is 109 Å². The molecule has 5 aliphatic rings. The molecule has 19 heteroatoms. The molecule has 19 atom stereocenters. The average molecular weight is 933 g/mol. The Bertz CT molecular complexity index is 1650. The van der Waals surface area contributed by atoms with Gasteiger partial charge in [0, 0.05) is 36.1 Å². The molecule has 0 aliphatic carbocycles. The number of hydrogen-bond donors (Lipinski definition) is 3. The van der Waals surface area contributed by atoms with Crippen LogP contribution in [0.1, 0.15) is 133 Å². The van der Waals surface area contributed by atoms with Gasteiger partial charge in [0.2, 0.25) is 5.79 Å². The van der Waals surface area contributed by atoms with Crippen molar-refractivity contribution in [1.82, 2.24) is 0 Å². The zero-order valence-electron chi connectivity index (χ0n) is 39.6. The fourth-order valence-electron chi connectivity index (χ4n) is 11.0. The molecular weight excluding hydrogens is 861 g/mol. The minimum absolute atomic E-state index is 0. The molecule has 0 radical (unpaired) electrons. The number of ketones is 1. The molecular formula is C44H71Na2O16P. The summed E-state index contributed by atoms with van der Waals surface area (Å²) in [6.07, 6.45) is 3.05. The summed E-state index contributed by atoms with van der Waals surface area (Å²) < 4.78 is 55.1. The van der Waals surface area contributed by atoms with E-state index >= 15 is 0 Å². The predicted octanol–water partition coefficient (Wildman–Crippen LogP) is -2.11. The number of aliphatic hydroxyl groups excluding tert-OH is 1. The summed E-state index contributed by atoms with van der Waals surface area (Å²) in [4.78, 5) is 60.6. The number of esters is 1. The van der Waals surface area contributed by atoms with Gasteiger partial charge in [0.25, 0.3) is 7.82 Å². The number of carboxylic acids is 1. The maximum Gasteiger partial charge on any atom is 1.00 e. The predicted molar refractivity (Wildman–Crippen MR) is 216 cm³/mol. The van der Waals surface area contributed by atoms with Crippen LogP contribution in [0.4, 0.5) is 0 Å².